The van der Waals surface area contributed by atoms with Gasteiger partial charge in [0.05, 0.1) is 16.7 Å². The molecule has 2 atom stereocenters. The monoisotopic (exact) mass is 438 g/mol. The average molecular weight is 439 g/mol. The minimum absolute atomic E-state index is 0.254. The first-order valence-electron chi connectivity index (χ1n) is 7.49. The van der Waals surface area contributed by atoms with Gasteiger partial charge in [0.1, 0.15) is 23.8 Å². The third kappa shape index (κ3) is 3.93. The molecular formula is C16H13ClF2O6S2. The summed E-state index contributed by atoms with van der Waals surface area (Å²) in [5.41, 5.74) is -0.621. The van der Waals surface area contributed by atoms with Gasteiger partial charge in [0.2, 0.25) is 0 Å². The third-order valence-electron chi connectivity index (χ3n) is 3.88. The van der Waals surface area contributed by atoms with Crippen molar-refractivity contribution < 1.29 is 34.5 Å². The van der Waals surface area contributed by atoms with Crippen LogP contribution < -0.4 is 4.74 Å². The lowest BCUT2D eigenvalue weighted by molar-refractivity contribution is 0.108. The molecule has 0 aliphatic carbocycles. The maximum Gasteiger partial charge on any atom is 0.264 e. The molecule has 146 valence electrons. The highest BCUT2D eigenvalue weighted by molar-refractivity contribution is 7.91. The van der Waals surface area contributed by atoms with Crippen molar-refractivity contribution in [3.63, 3.8) is 0 Å². The van der Waals surface area contributed by atoms with Gasteiger partial charge in [-0.3, -0.25) is 4.18 Å². The van der Waals surface area contributed by atoms with Gasteiger partial charge >= 0.3 is 0 Å². The van der Waals surface area contributed by atoms with Crippen LogP contribution in [0.2, 0.25) is 5.02 Å². The van der Waals surface area contributed by atoms with E-state index < -0.39 is 60.9 Å². The molecule has 0 fully saturated rings. The van der Waals surface area contributed by atoms with Crippen molar-refractivity contribution in [2.45, 2.75) is 16.2 Å². The summed E-state index contributed by atoms with van der Waals surface area (Å²) < 4.78 is 87.9. The molecule has 11 heteroatoms. The number of halogens is 3. The van der Waals surface area contributed by atoms with E-state index in [1.54, 1.807) is 0 Å². The molecule has 6 nitrogen and oxygen atoms in total. The molecule has 0 aromatic heterocycles. The Labute approximate surface area is 159 Å². The van der Waals surface area contributed by atoms with Crippen LogP contribution in [0.3, 0.4) is 0 Å². The molecule has 0 amide bonds. The molecule has 27 heavy (non-hydrogen) atoms. The van der Waals surface area contributed by atoms with Gasteiger partial charge in [-0.15, -0.1) is 0 Å². The molecule has 1 heterocycles. The number of sulfone groups is 1. The minimum atomic E-state index is -4.39. The van der Waals surface area contributed by atoms with E-state index in [4.69, 9.17) is 20.5 Å². The Morgan fingerprint density at radius 2 is 1.63 bits per heavy atom. The van der Waals surface area contributed by atoms with Crippen LogP contribution in [-0.2, 0) is 24.1 Å². The van der Waals surface area contributed by atoms with E-state index in [1.165, 1.54) is 24.3 Å². The fourth-order valence-corrected chi connectivity index (χ4v) is 5.51. The van der Waals surface area contributed by atoms with Crippen LogP contribution in [-0.4, -0.2) is 35.8 Å². The summed E-state index contributed by atoms with van der Waals surface area (Å²) in [7, 11) is -8.50. The topological polar surface area (TPSA) is 86.7 Å². The Morgan fingerprint density at radius 3 is 2.22 bits per heavy atom. The summed E-state index contributed by atoms with van der Waals surface area (Å²) in [6, 6.07) is 6.51. The molecule has 0 saturated heterocycles. The fourth-order valence-electron chi connectivity index (χ4n) is 2.83. The van der Waals surface area contributed by atoms with E-state index >= 15 is 0 Å². The highest BCUT2D eigenvalue weighted by Crippen LogP contribution is 2.44. The lowest BCUT2D eigenvalue weighted by Crippen LogP contribution is -2.39. The van der Waals surface area contributed by atoms with Gasteiger partial charge in [-0.1, -0.05) is 11.6 Å². The highest BCUT2D eigenvalue weighted by Gasteiger charge is 2.46. The maximum absolute atomic E-state index is 14.5. The number of rotatable bonds is 4. The first-order valence-corrected chi connectivity index (χ1v) is 11.2. The van der Waals surface area contributed by atoms with Crippen LogP contribution in [0.5, 0.6) is 5.75 Å². The molecule has 0 saturated carbocycles. The van der Waals surface area contributed by atoms with Crippen molar-refractivity contribution in [1.82, 2.24) is 0 Å². The molecule has 1 aliphatic rings. The molecule has 0 N–H and O–H groups in total. The van der Waals surface area contributed by atoms with Gasteiger partial charge in [-0.25, -0.2) is 17.2 Å². The van der Waals surface area contributed by atoms with E-state index in [-0.39, 0.29) is 9.92 Å². The van der Waals surface area contributed by atoms with Crippen molar-refractivity contribution in [3.8, 4) is 5.75 Å². The second-order valence-corrected chi connectivity index (χ2v) is 9.95. The van der Waals surface area contributed by atoms with Gasteiger partial charge in [-0.2, -0.15) is 8.42 Å². The molecule has 2 aromatic carbocycles. The second kappa shape index (κ2) is 7.01. The lowest BCUT2D eigenvalue weighted by Gasteiger charge is -2.32. The highest BCUT2D eigenvalue weighted by atomic mass is 35.5. The Balaban J connectivity index is 2.23. The molecule has 0 spiro atoms. The zero-order chi connectivity index (χ0) is 20.0. The lowest BCUT2D eigenvalue weighted by atomic mass is 10.0. The van der Waals surface area contributed by atoms with Crippen LogP contribution in [0.15, 0.2) is 41.3 Å². The largest absolute Gasteiger partial charge is 0.487 e. The van der Waals surface area contributed by atoms with Crippen LogP contribution in [0.4, 0.5) is 8.78 Å². The standard InChI is InChI=1S/C16H13ClF2O6S2/c1-26(20,21)25-13-8-24-15-12(19)7-6-11(18)14(15)16(13)27(22,23)10-4-2-9(17)3-5-10/h2-7,13,16H,8H2,1H3. The summed E-state index contributed by atoms with van der Waals surface area (Å²) in [6.07, 6.45) is -0.888. The van der Waals surface area contributed by atoms with Gasteiger partial charge in [0.15, 0.2) is 21.4 Å². The van der Waals surface area contributed by atoms with Gasteiger partial charge in [0, 0.05) is 5.02 Å². The summed E-state index contributed by atoms with van der Waals surface area (Å²) in [6.45, 7) is -0.599. The summed E-state index contributed by atoms with van der Waals surface area (Å²) >= 11 is 5.76. The predicted octanol–water partition coefficient (Wildman–Crippen LogP) is 2.87. The van der Waals surface area contributed by atoms with Gasteiger partial charge < -0.3 is 4.74 Å². The third-order valence-corrected chi connectivity index (χ3v) is 6.87. The second-order valence-electron chi connectivity index (χ2n) is 5.84. The average Bonchev–Trinajstić information content (AvgIpc) is 2.57. The van der Waals surface area contributed by atoms with E-state index in [2.05, 4.69) is 0 Å². The van der Waals surface area contributed by atoms with E-state index in [1.807, 2.05) is 0 Å². The van der Waals surface area contributed by atoms with Gasteiger partial charge in [-0.05, 0) is 36.4 Å². The smallest absolute Gasteiger partial charge is 0.264 e. The van der Waals surface area contributed by atoms with Crippen molar-refractivity contribution in [2.75, 3.05) is 12.9 Å². The quantitative estimate of drug-likeness (QED) is 0.682. The van der Waals surface area contributed by atoms with Crippen LogP contribution in [0.25, 0.3) is 0 Å². The summed E-state index contributed by atoms with van der Waals surface area (Å²) in [5, 5.41) is -1.57. The Hall–Kier alpha value is -1.75. The van der Waals surface area contributed by atoms with Gasteiger partial charge in [0.25, 0.3) is 10.1 Å². The maximum atomic E-state index is 14.5. The summed E-state index contributed by atoms with van der Waals surface area (Å²) in [5.74, 6) is -2.62. The molecular weight excluding hydrogens is 426 g/mol. The zero-order valence-corrected chi connectivity index (χ0v) is 16.1. The number of hydrogen-bond acceptors (Lipinski definition) is 6. The molecule has 0 radical (unpaired) electrons. The zero-order valence-electron chi connectivity index (χ0n) is 13.7. The minimum Gasteiger partial charge on any atom is -0.487 e. The Bertz CT molecular complexity index is 1080. The Kier molecular flexibility index (Phi) is 5.19. The molecule has 0 bridgehead atoms. The number of benzene rings is 2. The molecule has 2 unspecified atom stereocenters. The van der Waals surface area contributed by atoms with Crippen molar-refractivity contribution >= 4 is 31.6 Å². The van der Waals surface area contributed by atoms with E-state index in [0.717, 1.165) is 18.4 Å². The van der Waals surface area contributed by atoms with E-state index in [0.29, 0.717) is 0 Å². The predicted molar refractivity (Wildman–Crippen MR) is 92.9 cm³/mol. The molecule has 2 aromatic rings. The van der Waals surface area contributed by atoms with Crippen molar-refractivity contribution in [2.24, 2.45) is 0 Å². The Morgan fingerprint density at radius 1 is 1.04 bits per heavy atom. The van der Waals surface area contributed by atoms with Crippen LogP contribution >= 0.6 is 11.6 Å². The first-order chi connectivity index (χ1) is 12.5. The molecule has 3 rings (SSSR count). The SMILES string of the molecule is CS(=O)(=O)OC1COc2c(F)ccc(F)c2C1S(=O)(=O)c1ccc(Cl)cc1. The first kappa shape index (κ1) is 20.0. The van der Waals surface area contributed by atoms with Crippen molar-refractivity contribution in [1.29, 1.82) is 0 Å². The van der Waals surface area contributed by atoms with Crippen LogP contribution in [0, 0.1) is 11.6 Å². The normalized spacial score (nSPS) is 20.0. The van der Waals surface area contributed by atoms with Crippen molar-refractivity contribution in [3.05, 3.63) is 58.6 Å². The fraction of sp³-hybridized carbons (Fsp3) is 0.250. The van der Waals surface area contributed by atoms with E-state index in [9.17, 15) is 25.6 Å². The number of fused-ring (bicyclic) bond motifs is 1. The number of ether oxygens (including phenoxy) is 1. The summed E-state index contributed by atoms with van der Waals surface area (Å²) in [4.78, 5) is -0.254. The van der Waals surface area contributed by atoms with Crippen LogP contribution in [0.1, 0.15) is 10.8 Å². The number of hydrogen-bond donors (Lipinski definition) is 0. The molecule has 1 aliphatic heterocycles.